The van der Waals surface area contributed by atoms with Gasteiger partial charge in [-0.05, 0) is 19.1 Å². The molecule has 0 aliphatic rings. The van der Waals surface area contributed by atoms with E-state index >= 15 is 0 Å². The van der Waals surface area contributed by atoms with Crippen molar-refractivity contribution < 1.29 is 19.4 Å². The molecule has 1 rings (SSSR count). The monoisotopic (exact) mass is 297 g/mol. The van der Waals surface area contributed by atoms with E-state index in [4.69, 9.17) is 9.84 Å². The largest absolute Gasteiger partial charge is 0.492 e. The maximum absolute atomic E-state index is 11.8. The summed E-state index contributed by atoms with van der Waals surface area (Å²) in [5.41, 5.74) is 0.631. The third-order valence-corrected chi connectivity index (χ3v) is 3.69. The molecule has 5 nitrogen and oxygen atoms in total. The fourth-order valence-electron chi connectivity index (χ4n) is 1.44. The Kier molecular flexibility index (Phi) is 6.93. The predicted octanol–water partition coefficient (Wildman–Crippen LogP) is 2.48. The van der Waals surface area contributed by atoms with Crippen molar-refractivity contribution in [1.29, 1.82) is 0 Å². The lowest BCUT2D eigenvalue weighted by Crippen LogP contribution is -2.17. The van der Waals surface area contributed by atoms with E-state index in [1.54, 1.807) is 19.1 Å². The third kappa shape index (κ3) is 5.52. The molecule has 6 heteroatoms. The standard InChI is InChI=1S/C14H19NO4S/c1-3-19-12-7-5-4-6-11(12)15-13(16)9-20-8-10(2)14(17)18/h4-7,10H,3,8-9H2,1-2H3,(H,15,16)(H,17,18). The summed E-state index contributed by atoms with van der Waals surface area (Å²) in [5, 5.41) is 11.5. The number of hydrogen-bond donors (Lipinski definition) is 2. The highest BCUT2D eigenvalue weighted by Gasteiger charge is 2.12. The number of nitrogens with one attached hydrogen (secondary N) is 1. The van der Waals surface area contributed by atoms with Gasteiger partial charge < -0.3 is 15.2 Å². The minimum atomic E-state index is -0.848. The van der Waals surface area contributed by atoms with Crippen LogP contribution >= 0.6 is 11.8 Å². The fraction of sp³-hybridized carbons (Fsp3) is 0.429. The number of carbonyl (C=O) groups excluding carboxylic acids is 1. The van der Waals surface area contributed by atoms with Gasteiger partial charge in [-0.1, -0.05) is 19.1 Å². The molecule has 0 saturated carbocycles. The normalized spacial score (nSPS) is 11.7. The topological polar surface area (TPSA) is 75.6 Å². The van der Waals surface area contributed by atoms with Crippen LogP contribution in [0.5, 0.6) is 5.75 Å². The lowest BCUT2D eigenvalue weighted by Gasteiger charge is -2.11. The number of carboxylic acids is 1. The van der Waals surface area contributed by atoms with E-state index in [0.717, 1.165) is 0 Å². The molecule has 1 atom stereocenters. The number of aliphatic carboxylic acids is 1. The summed E-state index contributed by atoms with van der Waals surface area (Å²) in [4.78, 5) is 22.4. The molecular weight excluding hydrogens is 278 g/mol. The van der Waals surface area contributed by atoms with Crippen molar-refractivity contribution in [2.24, 2.45) is 5.92 Å². The van der Waals surface area contributed by atoms with Gasteiger partial charge in [-0.3, -0.25) is 9.59 Å². The summed E-state index contributed by atoms with van der Waals surface area (Å²) in [6, 6.07) is 7.22. The number of para-hydroxylation sites is 2. The van der Waals surface area contributed by atoms with Gasteiger partial charge in [-0.15, -0.1) is 0 Å². The molecule has 0 aliphatic carbocycles. The molecule has 1 amide bonds. The second-order valence-electron chi connectivity index (χ2n) is 4.23. The molecule has 0 fully saturated rings. The number of thioether (sulfide) groups is 1. The van der Waals surface area contributed by atoms with Crippen LogP contribution in [0, 0.1) is 5.92 Å². The second kappa shape index (κ2) is 8.47. The summed E-state index contributed by atoms with van der Waals surface area (Å²) >= 11 is 1.30. The van der Waals surface area contributed by atoms with E-state index < -0.39 is 11.9 Å². The van der Waals surface area contributed by atoms with E-state index in [9.17, 15) is 9.59 Å². The Labute approximate surface area is 122 Å². The van der Waals surface area contributed by atoms with Crippen molar-refractivity contribution in [1.82, 2.24) is 0 Å². The highest BCUT2D eigenvalue weighted by Crippen LogP contribution is 2.23. The van der Waals surface area contributed by atoms with Gasteiger partial charge in [0.15, 0.2) is 0 Å². The van der Waals surface area contributed by atoms with E-state index in [2.05, 4.69) is 5.32 Å². The minimum Gasteiger partial charge on any atom is -0.492 e. The summed E-state index contributed by atoms with van der Waals surface area (Å²) in [7, 11) is 0. The molecule has 1 aromatic carbocycles. The van der Waals surface area contributed by atoms with Gasteiger partial charge in [0.25, 0.3) is 0 Å². The average molecular weight is 297 g/mol. The highest BCUT2D eigenvalue weighted by molar-refractivity contribution is 8.00. The average Bonchev–Trinajstić information content (AvgIpc) is 2.41. The molecule has 0 bridgehead atoms. The lowest BCUT2D eigenvalue weighted by molar-refractivity contribution is -0.140. The van der Waals surface area contributed by atoms with Crippen LogP contribution in [-0.4, -0.2) is 35.1 Å². The maximum atomic E-state index is 11.8. The molecule has 0 radical (unpaired) electrons. The van der Waals surface area contributed by atoms with Crippen molar-refractivity contribution in [3.63, 3.8) is 0 Å². The van der Waals surface area contributed by atoms with Crippen LogP contribution in [0.25, 0.3) is 0 Å². The summed E-state index contributed by atoms with van der Waals surface area (Å²) in [6.45, 7) is 4.02. The minimum absolute atomic E-state index is 0.167. The van der Waals surface area contributed by atoms with Crippen molar-refractivity contribution in [2.45, 2.75) is 13.8 Å². The van der Waals surface area contributed by atoms with Gasteiger partial charge in [-0.2, -0.15) is 11.8 Å². The molecule has 20 heavy (non-hydrogen) atoms. The van der Waals surface area contributed by atoms with E-state index in [1.165, 1.54) is 11.8 Å². The Morgan fingerprint density at radius 3 is 2.75 bits per heavy atom. The van der Waals surface area contributed by atoms with E-state index in [0.29, 0.717) is 23.8 Å². The number of ether oxygens (including phenoxy) is 1. The first kappa shape index (κ1) is 16.4. The number of carboxylic acid groups (broad SMARTS) is 1. The number of anilines is 1. The fourth-order valence-corrected chi connectivity index (χ4v) is 2.31. The summed E-state index contributed by atoms with van der Waals surface area (Å²) < 4.78 is 5.41. The molecule has 0 heterocycles. The molecule has 1 aromatic rings. The zero-order valence-electron chi connectivity index (χ0n) is 11.6. The highest BCUT2D eigenvalue weighted by atomic mass is 32.2. The first-order valence-corrected chi connectivity index (χ1v) is 7.52. The zero-order valence-corrected chi connectivity index (χ0v) is 12.4. The van der Waals surface area contributed by atoms with E-state index in [1.807, 2.05) is 19.1 Å². The Morgan fingerprint density at radius 2 is 2.10 bits per heavy atom. The van der Waals surface area contributed by atoms with Crippen LogP contribution in [0.4, 0.5) is 5.69 Å². The van der Waals surface area contributed by atoms with Crippen LogP contribution in [-0.2, 0) is 9.59 Å². The van der Waals surface area contributed by atoms with Gasteiger partial charge in [0.05, 0.1) is 24.0 Å². The van der Waals surface area contributed by atoms with Gasteiger partial charge in [-0.25, -0.2) is 0 Å². The molecule has 1 unspecified atom stereocenters. The Bertz CT molecular complexity index is 464. The van der Waals surface area contributed by atoms with Gasteiger partial charge in [0, 0.05) is 5.75 Å². The molecular formula is C14H19NO4S. The number of amides is 1. The molecule has 0 saturated heterocycles. The first-order valence-electron chi connectivity index (χ1n) is 6.36. The summed E-state index contributed by atoms with van der Waals surface area (Å²) in [5.74, 6) is -0.205. The van der Waals surface area contributed by atoms with Gasteiger partial charge in [0.2, 0.25) is 5.91 Å². The Hall–Kier alpha value is -1.69. The van der Waals surface area contributed by atoms with Crippen LogP contribution in [0.2, 0.25) is 0 Å². The predicted molar refractivity (Wildman–Crippen MR) is 80.4 cm³/mol. The first-order chi connectivity index (χ1) is 9.54. The van der Waals surface area contributed by atoms with Crippen molar-refractivity contribution in [3.8, 4) is 5.75 Å². The van der Waals surface area contributed by atoms with Crippen LogP contribution in [0.15, 0.2) is 24.3 Å². The van der Waals surface area contributed by atoms with Crippen LogP contribution < -0.4 is 10.1 Å². The van der Waals surface area contributed by atoms with E-state index in [-0.39, 0.29) is 11.7 Å². The zero-order chi connectivity index (χ0) is 15.0. The Balaban J connectivity index is 2.44. The molecule has 110 valence electrons. The maximum Gasteiger partial charge on any atom is 0.307 e. The Morgan fingerprint density at radius 1 is 1.40 bits per heavy atom. The number of hydrogen-bond acceptors (Lipinski definition) is 4. The lowest BCUT2D eigenvalue weighted by atomic mass is 10.2. The number of rotatable bonds is 8. The molecule has 2 N–H and O–H groups in total. The number of benzene rings is 1. The number of carbonyl (C=O) groups is 2. The van der Waals surface area contributed by atoms with Gasteiger partial charge >= 0.3 is 5.97 Å². The van der Waals surface area contributed by atoms with Crippen molar-refractivity contribution >= 4 is 29.3 Å². The smallest absolute Gasteiger partial charge is 0.307 e. The second-order valence-corrected chi connectivity index (χ2v) is 5.26. The quantitative estimate of drug-likeness (QED) is 0.771. The van der Waals surface area contributed by atoms with Crippen LogP contribution in [0.1, 0.15) is 13.8 Å². The van der Waals surface area contributed by atoms with Gasteiger partial charge in [0.1, 0.15) is 5.75 Å². The van der Waals surface area contributed by atoms with Crippen molar-refractivity contribution in [2.75, 3.05) is 23.4 Å². The third-order valence-electron chi connectivity index (χ3n) is 2.48. The molecule has 0 aliphatic heterocycles. The van der Waals surface area contributed by atoms with Crippen molar-refractivity contribution in [3.05, 3.63) is 24.3 Å². The van der Waals surface area contributed by atoms with Crippen LogP contribution in [0.3, 0.4) is 0 Å². The molecule has 0 aromatic heterocycles. The SMILES string of the molecule is CCOc1ccccc1NC(=O)CSCC(C)C(=O)O. The molecule has 0 spiro atoms. The summed E-state index contributed by atoms with van der Waals surface area (Å²) in [6.07, 6.45) is 0.